The van der Waals surface area contributed by atoms with Crippen LogP contribution in [0, 0.1) is 29.0 Å². The SMILES string of the molecule is CC#N.COCc1ccc2c(c1)CCN(C(=O)[C@H]1C[C@@H](CC(=O)O)C1)[C@H]2C(=O)Nc1cc(F)c2c(c1)CCC2(C)C. The van der Waals surface area contributed by atoms with E-state index in [-0.39, 0.29) is 41.3 Å². The van der Waals surface area contributed by atoms with Crippen molar-refractivity contribution in [1.82, 2.24) is 4.90 Å². The molecule has 0 spiro atoms. The Morgan fingerprint density at radius 2 is 1.88 bits per heavy atom. The number of rotatable bonds is 7. The number of nitriles is 1. The Morgan fingerprint density at radius 3 is 2.54 bits per heavy atom. The smallest absolute Gasteiger partial charge is 0.303 e. The second-order valence-corrected chi connectivity index (χ2v) is 11.9. The van der Waals surface area contributed by atoms with Crippen LogP contribution in [0.15, 0.2) is 30.3 Å². The van der Waals surface area contributed by atoms with Gasteiger partial charge in [0.25, 0.3) is 5.91 Å². The maximum atomic E-state index is 15.1. The predicted molar refractivity (Wildman–Crippen MR) is 151 cm³/mol. The lowest BCUT2D eigenvalue weighted by Crippen LogP contribution is -2.50. The molecule has 218 valence electrons. The van der Waals surface area contributed by atoms with Gasteiger partial charge in [-0.1, -0.05) is 32.0 Å². The molecule has 2 amide bonds. The number of halogens is 1. The first kappa shape index (κ1) is 30.2. The molecule has 2 aromatic carbocycles. The van der Waals surface area contributed by atoms with Crippen LogP contribution in [0.5, 0.6) is 0 Å². The number of hydrogen-bond donors (Lipinski definition) is 2. The highest BCUT2D eigenvalue weighted by atomic mass is 19.1. The molecule has 2 N–H and O–H groups in total. The summed E-state index contributed by atoms with van der Waals surface area (Å²) in [5, 5.41) is 19.3. The van der Waals surface area contributed by atoms with Gasteiger partial charge in [0.15, 0.2) is 0 Å². The summed E-state index contributed by atoms with van der Waals surface area (Å²) in [6.45, 7) is 6.32. The van der Waals surface area contributed by atoms with Gasteiger partial charge in [0.2, 0.25) is 5.91 Å². The maximum Gasteiger partial charge on any atom is 0.303 e. The van der Waals surface area contributed by atoms with Crippen molar-refractivity contribution in [1.29, 1.82) is 5.26 Å². The van der Waals surface area contributed by atoms with Gasteiger partial charge in [0.1, 0.15) is 11.9 Å². The Morgan fingerprint density at radius 1 is 1.17 bits per heavy atom. The number of methoxy groups -OCH3 is 1. The van der Waals surface area contributed by atoms with Gasteiger partial charge < -0.3 is 20.1 Å². The number of aliphatic carboxylic acids is 1. The molecule has 1 saturated carbocycles. The molecule has 1 fully saturated rings. The zero-order valence-electron chi connectivity index (χ0n) is 24.1. The van der Waals surface area contributed by atoms with Gasteiger partial charge >= 0.3 is 5.97 Å². The van der Waals surface area contributed by atoms with E-state index in [2.05, 4.69) is 5.32 Å². The van der Waals surface area contributed by atoms with Crippen LogP contribution >= 0.6 is 0 Å². The third-order valence-electron chi connectivity index (χ3n) is 8.46. The molecule has 0 saturated heterocycles. The fourth-order valence-electron chi connectivity index (χ4n) is 6.52. The van der Waals surface area contributed by atoms with Gasteiger partial charge in [0.05, 0.1) is 12.7 Å². The molecule has 3 aliphatic rings. The molecule has 8 nitrogen and oxygen atoms in total. The van der Waals surface area contributed by atoms with E-state index >= 15 is 4.39 Å². The molecule has 1 atom stereocenters. The highest BCUT2D eigenvalue weighted by Gasteiger charge is 2.43. The van der Waals surface area contributed by atoms with Crippen molar-refractivity contribution >= 4 is 23.5 Å². The van der Waals surface area contributed by atoms with Gasteiger partial charge in [0, 0.05) is 38.6 Å². The summed E-state index contributed by atoms with van der Waals surface area (Å²) in [4.78, 5) is 40.0. The second-order valence-electron chi connectivity index (χ2n) is 11.9. The monoisotopic (exact) mass is 563 g/mol. The minimum absolute atomic E-state index is 0.0129. The molecule has 1 aliphatic heterocycles. The molecule has 41 heavy (non-hydrogen) atoms. The number of carbonyl (C=O) groups excluding carboxylic acids is 2. The molecule has 0 unspecified atom stereocenters. The minimum atomic E-state index is -0.859. The van der Waals surface area contributed by atoms with Crippen LogP contribution in [0.3, 0.4) is 0 Å². The van der Waals surface area contributed by atoms with Gasteiger partial charge in [-0.2, -0.15) is 5.26 Å². The fourth-order valence-corrected chi connectivity index (χ4v) is 6.52. The van der Waals surface area contributed by atoms with Crippen molar-refractivity contribution < 1.29 is 28.6 Å². The number of fused-ring (bicyclic) bond motifs is 2. The predicted octanol–water partition coefficient (Wildman–Crippen LogP) is 5.29. The van der Waals surface area contributed by atoms with Crippen LogP contribution in [0.25, 0.3) is 0 Å². The van der Waals surface area contributed by atoms with E-state index in [1.807, 2.05) is 38.1 Å². The largest absolute Gasteiger partial charge is 0.481 e. The summed E-state index contributed by atoms with van der Waals surface area (Å²) in [5.74, 6) is -1.98. The molecular formula is C32H38FN3O5. The Bertz CT molecular complexity index is 1380. The van der Waals surface area contributed by atoms with Crippen molar-refractivity contribution in [2.24, 2.45) is 11.8 Å². The van der Waals surface area contributed by atoms with Crippen molar-refractivity contribution in [2.45, 2.75) is 77.4 Å². The summed E-state index contributed by atoms with van der Waals surface area (Å²) in [6.07, 6.45) is 3.29. The van der Waals surface area contributed by atoms with E-state index in [1.165, 1.54) is 13.0 Å². The van der Waals surface area contributed by atoms with Crippen LogP contribution in [-0.4, -0.2) is 41.4 Å². The number of carboxylic acid groups (broad SMARTS) is 1. The molecule has 5 rings (SSSR count). The van der Waals surface area contributed by atoms with E-state index in [0.717, 1.165) is 35.1 Å². The first-order valence-electron chi connectivity index (χ1n) is 14.1. The first-order chi connectivity index (χ1) is 19.5. The summed E-state index contributed by atoms with van der Waals surface area (Å²) >= 11 is 0. The van der Waals surface area contributed by atoms with Crippen LogP contribution in [0.2, 0.25) is 0 Å². The third-order valence-corrected chi connectivity index (χ3v) is 8.46. The Balaban J connectivity index is 0.00000124. The molecule has 9 heteroatoms. The average Bonchev–Trinajstić information content (AvgIpc) is 3.19. The van der Waals surface area contributed by atoms with Crippen LogP contribution < -0.4 is 5.32 Å². The molecule has 1 heterocycles. The summed E-state index contributed by atoms with van der Waals surface area (Å²) in [6, 6.07) is 9.93. The number of nitrogens with zero attached hydrogens (tertiary/aromatic N) is 2. The molecule has 0 radical (unpaired) electrons. The van der Waals surface area contributed by atoms with Crippen molar-refractivity contribution in [3.63, 3.8) is 0 Å². The normalized spacial score (nSPS) is 21.8. The average molecular weight is 564 g/mol. The standard InChI is InChI=1S/C30H35FN2O5.C2H3N/c1-30(2)8-6-20-14-22(15-24(31)26(20)30)32-28(36)27-23-5-4-17(16-38-3)10-19(23)7-9-33(27)29(37)21-11-18(12-21)13-25(34)35;1-2-3/h4-5,10,14-15,18,21,27H,6-9,11-13,16H2,1-3H3,(H,32,36)(H,34,35);1H3/t18-,21+,27-;/m1./s1. The van der Waals surface area contributed by atoms with E-state index in [9.17, 15) is 14.4 Å². The number of amides is 2. The number of carbonyl (C=O) groups is 3. The number of anilines is 1. The first-order valence-corrected chi connectivity index (χ1v) is 14.1. The highest BCUT2D eigenvalue weighted by Crippen LogP contribution is 2.43. The lowest BCUT2D eigenvalue weighted by molar-refractivity contribution is -0.149. The van der Waals surface area contributed by atoms with Crippen LogP contribution in [0.4, 0.5) is 10.1 Å². The topological polar surface area (TPSA) is 120 Å². The van der Waals surface area contributed by atoms with Crippen molar-refractivity contribution in [3.05, 3.63) is 64.0 Å². The molecule has 2 aromatic rings. The number of carboxylic acids is 1. The number of nitrogens with one attached hydrogen (secondary N) is 1. The van der Waals surface area contributed by atoms with Gasteiger partial charge in [-0.05, 0) is 83.4 Å². The zero-order chi connectivity index (χ0) is 29.9. The summed E-state index contributed by atoms with van der Waals surface area (Å²) in [7, 11) is 1.63. The molecule has 0 bridgehead atoms. The van der Waals surface area contributed by atoms with Crippen LogP contribution in [0.1, 0.15) is 80.3 Å². The Labute approximate surface area is 240 Å². The van der Waals surface area contributed by atoms with E-state index in [0.29, 0.717) is 43.7 Å². The van der Waals surface area contributed by atoms with E-state index in [4.69, 9.17) is 15.1 Å². The van der Waals surface area contributed by atoms with Crippen molar-refractivity contribution in [2.75, 3.05) is 19.0 Å². The number of ether oxygens (including phenoxy) is 1. The third kappa shape index (κ3) is 6.43. The minimum Gasteiger partial charge on any atom is -0.481 e. The maximum absolute atomic E-state index is 15.1. The summed E-state index contributed by atoms with van der Waals surface area (Å²) in [5.41, 5.74) is 4.50. The number of hydrogen-bond acceptors (Lipinski definition) is 5. The van der Waals surface area contributed by atoms with Gasteiger partial charge in [-0.25, -0.2) is 4.39 Å². The molecule has 2 aliphatic carbocycles. The Hall–Kier alpha value is -3.77. The van der Waals surface area contributed by atoms with Gasteiger partial charge in [-0.3, -0.25) is 14.4 Å². The highest BCUT2D eigenvalue weighted by molar-refractivity contribution is 5.99. The van der Waals surface area contributed by atoms with Crippen LogP contribution in [-0.2, 0) is 44.0 Å². The lowest BCUT2D eigenvalue weighted by Gasteiger charge is -2.42. The lowest BCUT2D eigenvalue weighted by atomic mass is 9.72. The molecule has 0 aromatic heterocycles. The molecular weight excluding hydrogens is 525 g/mol. The van der Waals surface area contributed by atoms with Gasteiger partial charge in [-0.15, -0.1) is 0 Å². The summed E-state index contributed by atoms with van der Waals surface area (Å²) < 4.78 is 20.4. The van der Waals surface area contributed by atoms with E-state index < -0.39 is 12.0 Å². The quantitative estimate of drug-likeness (QED) is 0.472. The fraction of sp³-hybridized carbons (Fsp3) is 0.500. The number of aryl methyl sites for hydroxylation is 1. The Kier molecular flexibility index (Phi) is 9.13. The second kappa shape index (κ2) is 12.4. The van der Waals surface area contributed by atoms with E-state index in [1.54, 1.807) is 18.1 Å². The van der Waals surface area contributed by atoms with Crippen molar-refractivity contribution in [3.8, 4) is 6.07 Å². The number of benzene rings is 2. The zero-order valence-corrected chi connectivity index (χ0v) is 24.1.